The summed E-state index contributed by atoms with van der Waals surface area (Å²) in [5, 5.41) is 1.48. The molecule has 0 radical (unpaired) electrons. The average Bonchev–Trinajstić information content (AvgIpc) is 2.73. The summed E-state index contributed by atoms with van der Waals surface area (Å²) in [5.74, 6) is 0.153. The van der Waals surface area contributed by atoms with Crippen molar-refractivity contribution in [3.63, 3.8) is 0 Å². The van der Waals surface area contributed by atoms with Gasteiger partial charge in [0.1, 0.15) is 0 Å². The summed E-state index contributed by atoms with van der Waals surface area (Å²) < 4.78 is 0. The zero-order valence-corrected chi connectivity index (χ0v) is 17.1. The number of anilines is 1. The molecule has 1 fully saturated rings. The molecule has 1 aromatic heterocycles. The van der Waals surface area contributed by atoms with Crippen molar-refractivity contribution >= 4 is 40.1 Å². The van der Waals surface area contributed by atoms with E-state index in [0.29, 0.717) is 5.02 Å². The molecule has 2 heterocycles. The van der Waals surface area contributed by atoms with E-state index in [-0.39, 0.29) is 11.9 Å². The SMILES string of the molecule is CCN1CCN(c2ccc(-c3nc(N=C(N)N)nc4ccc(Cl)cc34)cc2)CC1. The average molecular weight is 410 g/mol. The Balaban J connectivity index is 1.70. The van der Waals surface area contributed by atoms with Crippen LogP contribution in [0.3, 0.4) is 0 Å². The molecule has 0 atom stereocenters. The number of hydrogen-bond donors (Lipinski definition) is 2. The molecule has 0 unspecified atom stereocenters. The fraction of sp³-hybridized carbons (Fsp3) is 0.286. The first-order valence-corrected chi connectivity index (χ1v) is 10.1. The van der Waals surface area contributed by atoms with Gasteiger partial charge in [-0.1, -0.05) is 30.7 Å². The highest BCUT2D eigenvalue weighted by atomic mass is 35.5. The van der Waals surface area contributed by atoms with Crippen LogP contribution in [0.25, 0.3) is 22.2 Å². The minimum Gasteiger partial charge on any atom is -0.370 e. The van der Waals surface area contributed by atoms with Crippen molar-refractivity contribution in [2.24, 2.45) is 16.5 Å². The third-order valence-electron chi connectivity index (χ3n) is 5.20. The van der Waals surface area contributed by atoms with E-state index >= 15 is 0 Å². The molecule has 1 aliphatic heterocycles. The summed E-state index contributed by atoms with van der Waals surface area (Å²) >= 11 is 6.22. The smallest absolute Gasteiger partial charge is 0.253 e. The van der Waals surface area contributed by atoms with E-state index in [1.807, 2.05) is 12.1 Å². The molecule has 29 heavy (non-hydrogen) atoms. The lowest BCUT2D eigenvalue weighted by molar-refractivity contribution is 0.271. The van der Waals surface area contributed by atoms with Crippen molar-refractivity contribution in [3.05, 3.63) is 47.5 Å². The number of likely N-dealkylation sites (N-methyl/N-ethyl adjacent to an activating group) is 1. The van der Waals surface area contributed by atoms with Gasteiger partial charge < -0.3 is 21.3 Å². The second kappa shape index (κ2) is 8.23. The molecular formula is C21H24ClN7. The lowest BCUT2D eigenvalue weighted by Gasteiger charge is -2.35. The van der Waals surface area contributed by atoms with Crippen molar-refractivity contribution in [3.8, 4) is 11.3 Å². The highest BCUT2D eigenvalue weighted by Gasteiger charge is 2.16. The molecule has 0 saturated carbocycles. The van der Waals surface area contributed by atoms with E-state index in [1.165, 1.54) is 5.69 Å². The van der Waals surface area contributed by atoms with Gasteiger partial charge in [-0.2, -0.15) is 4.99 Å². The fourth-order valence-corrected chi connectivity index (χ4v) is 3.80. The van der Waals surface area contributed by atoms with Crippen LogP contribution in [0, 0.1) is 0 Å². The Bertz CT molecular complexity index is 1040. The first-order chi connectivity index (χ1) is 14.0. The van der Waals surface area contributed by atoms with Crippen LogP contribution in [0.4, 0.5) is 11.6 Å². The predicted octanol–water partition coefficient (Wildman–Crippen LogP) is 3.00. The number of hydrogen-bond acceptors (Lipinski definition) is 5. The minimum absolute atomic E-state index is 0.0779. The van der Waals surface area contributed by atoms with Gasteiger partial charge in [0, 0.05) is 47.8 Å². The summed E-state index contributed by atoms with van der Waals surface area (Å²) in [6.07, 6.45) is 0. The quantitative estimate of drug-likeness (QED) is 0.508. The first kappa shape index (κ1) is 19.4. The zero-order chi connectivity index (χ0) is 20.4. The van der Waals surface area contributed by atoms with Gasteiger partial charge in [-0.3, -0.25) is 0 Å². The predicted molar refractivity (Wildman–Crippen MR) is 120 cm³/mol. The number of aliphatic imine (C=N–C) groups is 1. The van der Waals surface area contributed by atoms with Gasteiger partial charge in [0.15, 0.2) is 5.96 Å². The lowest BCUT2D eigenvalue weighted by Crippen LogP contribution is -2.46. The topological polar surface area (TPSA) is 96.7 Å². The number of halogens is 1. The molecule has 0 bridgehead atoms. The maximum atomic E-state index is 6.22. The maximum Gasteiger partial charge on any atom is 0.253 e. The largest absolute Gasteiger partial charge is 0.370 e. The fourth-order valence-electron chi connectivity index (χ4n) is 3.63. The van der Waals surface area contributed by atoms with Gasteiger partial charge in [-0.05, 0) is 36.9 Å². The highest BCUT2D eigenvalue weighted by molar-refractivity contribution is 6.31. The van der Waals surface area contributed by atoms with E-state index in [9.17, 15) is 0 Å². The number of nitrogens with zero attached hydrogens (tertiary/aromatic N) is 5. The molecule has 4 N–H and O–H groups in total. The van der Waals surface area contributed by atoms with Gasteiger partial charge in [0.2, 0.25) is 0 Å². The van der Waals surface area contributed by atoms with Gasteiger partial charge in [-0.25, -0.2) is 9.97 Å². The molecule has 8 heteroatoms. The molecule has 2 aromatic carbocycles. The van der Waals surface area contributed by atoms with Crippen LogP contribution in [-0.2, 0) is 0 Å². The lowest BCUT2D eigenvalue weighted by atomic mass is 10.1. The molecule has 1 saturated heterocycles. The van der Waals surface area contributed by atoms with E-state index < -0.39 is 0 Å². The Hall–Kier alpha value is -2.90. The molecule has 0 amide bonds. The number of aromatic nitrogens is 2. The summed E-state index contributed by atoms with van der Waals surface area (Å²) in [4.78, 5) is 17.9. The van der Waals surface area contributed by atoms with Crippen LogP contribution in [0.15, 0.2) is 47.5 Å². The third kappa shape index (κ3) is 4.26. The summed E-state index contributed by atoms with van der Waals surface area (Å²) in [6, 6.07) is 13.9. The third-order valence-corrected chi connectivity index (χ3v) is 5.44. The van der Waals surface area contributed by atoms with Crippen molar-refractivity contribution in [1.82, 2.24) is 14.9 Å². The number of piperazine rings is 1. The van der Waals surface area contributed by atoms with E-state index in [2.05, 4.69) is 55.9 Å². The molecule has 1 aliphatic rings. The molecule has 4 rings (SSSR count). The molecular weight excluding hydrogens is 386 g/mol. The second-order valence-corrected chi connectivity index (χ2v) is 7.47. The molecule has 0 aliphatic carbocycles. The Morgan fingerprint density at radius 2 is 1.76 bits per heavy atom. The van der Waals surface area contributed by atoms with Crippen molar-refractivity contribution < 1.29 is 0 Å². The molecule has 3 aromatic rings. The van der Waals surface area contributed by atoms with Crippen LogP contribution in [0.2, 0.25) is 5.02 Å². The Labute approximate surface area is 175 Å². The second-order valence-electron chi connectivity index (χ2n) is 7.04. The van der Waals surface area contributed by atoms with Crippen LogP contribution >= 0.6 is 11.6 Å². The Morgan fingerprint density at radius 3 is 2.41 bits per heavy atom. The number of guanidine groups is 1. The van der Waals surface area contributed by atoms with Crippen molar-refractivity contribution in [2.75, 3.05) is 37.6 Å². The molecule has 0 spiro atoms. The monoisotopic (exact) mass is 409 g/mol. The zero-order valence-electron chi connectivity index (χ0n) is 16.3. The summed E-state index contributed by atoms with van der Waals surface area (Å²) in [6.45, 7) is 7.57. The number of rotatable bonds is 4. The van der Waals surface area contributed by atoms with Crippen molar-refractivity contribution in [2.45, 2.75) is 6.92 Å². The van der Waals surface area contributed by atoms with E-state index in [1.54, 1.807) is 6.07 Å². The van der Waals surface area contributed by atoms with Crippen molar-refractivity contribution in [1.29, 1.82) is 0 Å². The highest BCUT2D eigenvalue weighted by Crippen LogP contribution is 2.31. The summed E-state index contributed by atoms with van der Waals surface area (Å²) in [5.41, 5.74) is 14.7. The van der Waals surface area contributed by atoms with E-state index in [4.69, 9.17) is 23.1 Å². The van der Waals surface area contributed by atoms with Crippen LogP contribution in [-0.4, -0.2) is 53.6 Å². The normalized spacial score (nSPS) is 14.9. The van der Waals surface area contributed by atoms with Gasteiger partial charge in [0.05, 0.1) is 11.2 Å². The number of fused-ring (bicyclic) bond motifs is 1. The Morgan fingerprint density at radius 1 is 1.03 bits per heavy atom. The van der Waals surface area contributed by atoms with Gasteiger partial charge >= 0.3 is 0 Å². The van der Waals surface area contributed by atoms with Gasteiger partial charge in [0.25, 0.3) is 5.95 Å². The van der Waals surface area contributed by atoms with E-state index in [0.717, 1.165) is 54.9 Å². The van der Waals surface area contributed by atoms with Crippen LogP contribution < -0.4 is 16.4 Å². The number of nitrogens with two attached hydrogens (primary N) is 2. The number of benzene rings is 2. The van der Waals surface area contributed by atoms with Crippen LogP contribution in [0.1, 0.15) is 6.92 Å². The summed E-state index contributed by atoms with van der Waals surface area (Å²) in [7, 11) is 0. The van der Waals surface area contributed by atoms with Gasteiger partial charge in [-0.15, -0.1) is 0 Å². The minimum atomic E-state index is -0.0779. The molecule has 7 nitrogen and oxygen atoms in total. The molecule has 150 valence electrons. The Kier molecular flexibility index (Phi) is 5.51. The van der Waals surface area contributed by atoms with Crippen LogP contribution in [0.5, 0.6) is 0 Å². The standard InChI is InChI=1S/C21H24ClN7/c1-2-28-9-11-29(12-10-28)16-6-3-14(4-7-16)19-17-13-15(22)5-8-18(17)25-21(26-19)27-20(23)24/h3-8,13H,2,9-12H2,1H3,(H4,23,24,25,26,27). The maximum absolute atomic E-state index is 6.22. The first-order valence-electron chi connectivity index (χ1n) is 9.68.